The molecule has 4 aromatic rings. The molecule has 0 radical (unpaired) electrons. The van der Waals surface area contributed by atoms with Crippen molar-refractivity contribution in [3.63, 3.8) is 0 Å². The normalized spacial score (nSPS) is 12.4. The fourth-order valence-corrected chi connectivity index (χ4v) is 3.04. The third-order valence-corrected chi connectivity index (χ3v) is 4.56. The zero-order valence-electron chi connectivity index (χ0n) is 13.7. The molecular formula is C21H17ClN2O. The van der Waals surface area contributed by atoms with Gasteiger partial charge in [-0.2, -0.15) is 5.10 Å². The monoisotopic (exact) mass is 348 g/mol. The predicted molar refractivity (Wildman–Crippen MR) is 102 cm³/mol. The van der Waals surface area contributed by atoms with E-state index >= 15 is 0 Å². The van der Waals surface area contributed by atoms with Gasteiger partial charge in [0.05, 0.1) is 17.3 Å². The molecule has 0 saturated heterocycles. The quantitative estimate of drug-likeness (QED) is 0.540. The number of nitrogens with zero attached hydrogens (tertiary/aromatic N) is 2. The van der Waals surface area contributed by atoms with Gasteiger partial charge in [0.25, 0.3) is 0 Å². The van der Waals surface area contributed by atoms with Gasteiger partial charge in [0, 0.05) is 16.8 Å². The van der Waals surface area contributed by atoms with Crippen molar-refractivity contribution in [2.75, 3.05) is 0 Å². The van der Waals surface area contributed by atoms with Crippen molar-refractivity contribution in [3.8, 4) is 22.4 Å². The zero-order valence-corrected chi connectivity index (χ0v) is 14.5. The first kappa shape index (κ1) is 15.9. The standard InChI is InChI=1S/C21H17ClN2O/c1-14(25)16-3-2-4-17(11-16)18-9-10-24-20(12-18)13-21(23-24)15-5-7-19(22)8-6-15/h2-14,25H,1H3. The molecule has 1 unspecified atom stereocenters. The first-order valence-electron chi connectivity index (χ1n) is 8.14. The van der Waals surface area contributed by atoms with Gasteiger partial charge in [-0.15, -0.1) is 0 Å². The van der Waals surface area contributed by atoms with Crippen LogP contribution in [-0.2, 0) is 0 Å². The van der Waals surface area contributed by atoms with Gasteiger partial charge in [0.1, 0.15) is 0 Å². The van der Waals surface area contributed by atoms with Crippen molar-refractivity contribution in [2.45, 2.75) is 13.0 Å². The van der Waals surface area contributed by atoms with Crippen LogP contribution in [0.5, 0.6) is 0 Å². The fourth-order valence-electron chi connectivity index (χ4n) is 2.91. The molecule has 1 atom stereocenters. The van der Waals surface area contributed by atoms with Gasteiger partial charge in [-0.05, 0) is 60.0 Å². The van der Waals surface area contributed by atoms with Crippen molar-refractivity contribution < 1.29 is 5.11 Å². The maximum atomic E-state index is 9.79. The van der Waals surface area contributed by atoms with Crippen molar-refractivity contribution in [1.29, 1.82) is 0 Å². The number of hydrogen-bond acceptors (Lipinski definition) is 2. The second-order valence-electron chi connectivity index (χ2n) is 6.12. The van der Waals surface area contributed by atoms with E-state index in [2.05, 4.69) is 17.2 Å². The number of hydrogen-bond donors (Lipinski definition) is 1. The average Bonchev–Trinajstić information content (AvgIpc) is 3.05. The lowest BCUT2D eigenvalue weighted by molar-refractivity contribution is 0.199. The summed E-state index contributed by atoms with van der Waals surface area (Å²) in [6.45, 7) is 1.78. The molecule has 0 amide bonds. The van der Waals surface area contributed by atoms with Crippen molar-refractivity contribution in [1.82, 2.24) is 9.61 Å². The lowest BCUT2D eigenvalue weighted by Crippen LogP contribution is -1.92. The maximum absolute atomic E-state index is 9.79. The molecule has 0 saturated carbocycles. The van der Waals surface area contributed by atoms with Crippen LogP contribution in [0.15, 0.2) is 72.9 Å². The molecule has 2 aromatic heterocycles. The van der Waals surface area contributed by atoms with Crippen molar-refractivity contribution >= 4 is 17.1 Å². The number of aliphatic hydroxyl groups is 1. The molecule has 4 heteroatoms. The molecule has 3 nitrogen and oxygen atoms in total. The molecular weight excluding hydrogens is 332 g/mol. The van der Waals surface area contributed by atoms with Gasteiger partial charge in [-0.1, -0.05) is 41.9 Å². The Morgan fingerprint density at radius 3 is 2.44 bits per heavy atom. The predicted octanol–water partition coefficient (Wildman–Crippen LogP) is 5.38. The van der Waals surface area contributed by atoms with E-state index in [4.69, 9.17) is 11.6 Å². The number of aliphatic hydroxyl groups excluding tert-OH is 1. The number of pyridine rings is 1. The summed E-state index contributed by atoms with van der Waals surface area (Å²) in [5.41, 5.74) is 6.04. The van der Waals surface area contributed by atoms with Gasteiger partial charge >= 0.3 is 0 Å². The maximum Gasteiger partial charge on any atom is 0.0933 e. The van der Waals surface area contributed by atoms with Crippen LogP contribution in [-0.4, -0.2) is 14.7 Å². The molecule has 0 aliphatic rings. The highest BCUT2D eigenvalue weighted by atomic mass is 35.5. The summed E-state index contributed by atoms with van der Waals surface area (Å²) in [6.07, 6.45) is 1.48. The number of benzene rings is 2. The van der Waals surface area contributed by atoms with E-state index in [1.54, 1.807) is 6.92 Å². The second-order valence-corrected chi connectivity index (χ2v) is 6.56. The average molecular weight is 349 g/mol. The largest absolute Gasteiger partial charge is 0.389 e. The van der Waals surface area contributed by atoms with Gasteiger partial charge in [-0.3, -0.25) is 0 Å². The summed E-state index contributed by atoms with van der Waals surface area (Å²) in [7, 11) is 0. The van der Waals surface area contributed by atoms with Crippen molar-refractivity contribution in [3.05, 3.63) is 83.5 Å². The van der Waals surface area contributed by atoms with Crippen LogP contribution in [0.4, 0.5) is 0 Å². The Kier molecular flexibility index (Phi) is 4.04. The van der Waals surface area contributed by atoms with E-state index in [1.807, 2.05) is 65.3 Å². The molecule has 2 aromatic carbocycles. The van der Waals surface area contributed by atoms with Gasteiger partial charge < -0.3 is 5.11 Å². The highest BCUT2D eigenvalue weighted by Gasteiger charge is 2.08. The van der Waals surface area contributed by atoms with E-state index in [0.29, 0.717) is 5.02 Å². The van der Waals surface area contributed by atoms with E-state index in [1.165, 1.54) is 0 Å². The van der Waals surface area contributed by atoms with Crippen LogP contribution in [0, 0.1) is 0 Å². The smallest absolute Gasteiger partial charge is 0.0933 e. The SMILES string of the molecule is CC(O)c1cccc(-c2ccn3nc(-c4ccc(Cl)cc4)cc3c2)c1. The third kappa shape index (κ3) is 3.16. The van der Waals surface area contributed by atoms with Crippen LogP contribution in [0.2, 0.25) is 5.02 Å². The Hall–Kier alpha value is -2.62. The second kappa shape index (κ2) is 6.36. The number of fused-ring (bicyclic) bond motifs is 1. The lowest BCUT2D eigenvalue weighted by Gasteiger charge is -2.08. The van der Waals surface area contributed by atoms with Gasteiger partial charge in [0.2, 0.25) is 0 Å². The Balaban J connectivity index is 1.75. The Morgan fingerprint density at radius 1 is 0.920 bits per heavy atom. The van der Waals surface area contributed by atoms with Crippen LogP contribution >= 0.6 is 11.6 Å². The fraction of sp³-hybridized carbons (Fsp3) is 0.0952. The van der Waals surface area contributed by atoms with Gasteiger partial charge in [-0.25, -0.2) is 4.52 Å². The topological polar surface area (TPSA) is 37.5 Å². The molecule has 0 fully saturated rings. The first-order valence-corrected chi connectivity index (χ1v) is 8.52. The molecule has 0 bridgehead atoms. The third-order valence-electron chi connectivity index (χ3n) is 4.31. The molecule has 124 valence electrons. The van der Waals surface area contributed by atoms with Crippen molar-refractivity contribution in [2.24, 2.45) is 0 Å². The zero-order chi connectivity index (χ0) is 17.4. The minimum Gasteiger partial charge on any atom is -0.389 e. The van der Waals surface area contributed by atoms with E-state index in [-0.39, 0.29) is 0 Å². The number of aromatic nitrogens is 2. The lowest BCUT2D eigenvalue weighted by atomic mass is 10.0. The molecule has 0 spiro atoms. The molecule has 25 heavy (non-hydrogen) atoms. The highest BCUT2D eigenvalue weighted by Crippen LogP contribution is 2.27. The van der Waals surface area contributed by atoms with E-state index < -0.39 is 6.10 Å². The molecule has 0 aliphatic heterocycles. The van der Waals surface area contributed by atoms with Crippen LogP contribution in [0.1, 0.15) is 18.6 Å². The summed E-state index contributed by atoms with van der Waals surface area (Å²) in [5.74, 6) is 0. The summed E-state index contributed by atoms with van der Waals surface area (Å²) in [6, 6.07) is 21.9. The van der Waals surface area contributed by atoms with E-state index in [9.17, 15) is 5.11 Å². The summed E-state index contributed by atoms with van der Waals surface area (Å²) in [5, 5.41) is 15.1. The minimum atomic E-state index is -0.477. The van der Waals surface area contributed by atoms with Crippen LogP contribution in [0.25, 0.3) is 27.9 Å². The summed E-state index contributed by atoms with van der Waals surface area (Å²) >= 11 is 5.96. The molecule has 2 heterocycles. The van der Waals surface area contributed by atoms with Gasteiger partial charge in [0.15, 0.2) is 0 Å². The molecule has 1 N–H and O–H groups in total. The summed E-state index contributed by atoms with van der Waals surface area (Å²) in [4.78, 5) is 0. The Morgan fingerprint density at radius 2 is 1.68 bits per heavy atom. The molecule has 4 rings (SSSR count). The highest BCUT2D eigenvalue weighted by molar-refractivity contribution is 6.30. The number of halogens is 1. The Labute approximate surface area is 151 Å². The van der Waals surface area contributed by atoms with Crippen LogP contribution in [0.3, 0.4) is 0 Å². The minimum absolute atomic E-state index is 0.477. The van der Waals surface area contributed by atoms with Crippen LogP contribution < -0.4 is 0 Å². The molecule has 0 aliphatic carbocycles. The number of rotatable bonds is 3. The Bertz CT molecular complexity index is 1040. The van der Waals surface area contributed by atoms with E-state index in [0.717, 1.165) is 33.5 Å². The first-order chi connectivity index (χ1) is 12.1. The summed E-state index contributed by atoms with van der Waals surface area (Å²) < 4.78 is 1.87.